The molecule has 0 amide bonds. The highest BCUT2D eigenvalue weighted by Crippen LogP contribution is 2.01. The predicted molar refractivity (Wildman–Crippen MR) is 57.0 cm³/mol. The van der Waals surface area contributed by atoms with E-state index in [2.05, 4.69) is 5.32 Å². The van der Waals surface area contributed by atoms with Gasteiger partial charge in [0.15, 0.2) is 0 Å². The molecule has 0 aliphatic heterocycles. The number of sulfone groups is 1. The fourth-order valence-corrected chi connectivity index (χ4v) is 2.00. The van der Waals surface area contributed by atoms with Crippen molar-refractivity contribution < 1.29 is 8.42 Å². The molecule has 0 saturated heterocycles. The number of rotatable bonds is 5. The Kier molecular flexibility index (Phi) is 5.96. The average Bonchev–Trinajstić information content (AvgIpc) is 1.97. The lowest BCUT2D eigenvalue weighted by atomic mass is 10.4. The van der Waals surface area contributed by atoms with Crippen LogP contribution in [0.5, 0.6) is 0 Å². The van der Waals surface area contributed by atoms with Crippen molar-refractivity contribution in [3.05, 3.63) is 10.6 Å². The van der Waals surface area contributed by atoms with Gasteiger partial charge in [0.2, 0.25) is 0 Å². The molecule has 0 heterocycles. The zero-order valence-electron chi connectivity index (χ0n) is 7.55. The van der Waals surface area contributed by atoms with Crippen LogP contribution in [0.4, 0.5) is 0 Å². The Bertz CT molecular complexity index is 274. The summed E-state index contributed by atoms with van der Waals surface area (Å²) >= 11 is 10.9. The minimum absolute atomic E-state index is 0.0967. The number of nitrogens with one attached hydrogen (secondary N) is 1. The smallest absolute Gasteiger partial charge is 0.148 e. The summed E-state index contributed by atoms with van der Waals surface area (Å²) in [6.07, 6.45) is 1.20. The van der Waals surface area contributed by atoms with E-state index >= 15 is 0 Å². The van der Waals surface area contributed by atoms with E-state index in [-0.39, 0.29) is 11.8 Å². The molecule has 1 unspecified atom stereocenters. The Morgan fingerprint density at radius 2 is 2.15 bits per heavy atom. The first-order chi connectivity index (χ1) is 5.85. The van der Waals surface area contributed by atoms with Crippen molar-refractivity contribution in [1.29, 1.82) is 0 Å². The van der Waals surface area contributed by atoms with Gasteiger partial charge in [-0.05, 0) is 6.92 Å². The average molecular weight is 246 g/mol. The summed E-state index contributed by atoms with van der Waals surface area (Å²) in [6.45, 7) is 2.17. The maximum absolute atomic E-state index is 10.8. The third kappa shape index (κ3) is 8.56. The molecule has 0 radical (unpaired) electrons. The van der Waals surface area contributed by atoms with E-state index in [4.69, 9.17) is 23.2 Å². The van der Waals surface area contributed by atoms with Gasteiger partial charge >= 0.3 is 0 Å². The molecule has 0 aromatic heterocycles. The highest BCUT2D eigenvalue weighted by atomic mass is 35.5. The van der Waals surface area contributed by atoms with Crippen molar-refractivity contribution in [2.45, 2.75) is 13.0 Å². The molecule has 0 aliphatic rings. The Morgan fingerprint density at radius 3 is 2.54 bits per heavy atom. The molecule has 1 N–H and O–H groups in total. The van der Waals surface area contributed by atoms with Crippen molar-refractivity contribution in [2.75, 3.05) is 18.6 Å². The van der Waals surface area contributed by atoms with Crippen molar-refractivity contribution in [3.8, 4) is 0 Å². The van der Waals surface area contributed by atoms with Gasteiger partial charge < -0.3 is 5.32 Å². The molecular weight excluding hydrogens is 233 g/mol. The summed E-state index contributed by atoms with van der Waals surface area (Å²) in [5.41, 5.74) is 1.25. The number of hydrogen-bond acceptors (Lipinski definition) is 3. The first-order valence-electron chi connectivity index (χ1n) is 3.71. The van der Waals surface area contributed by atoms with E-state index in [0.29, 0.717) is 11.6 Å². The molecule has 0 aliphatic carbocycles. The molecule has 78 valence electrons. The predicted octanol–water partition coefficient (Wildman–Crippen LogP) is 1.33. The Hall–Kier alpha value is 0.230. The van der Waals surface area contributed by atoms with Crippen LogP contribution in [0, 0.1) is 0 Å². The largest absolute Gasteiger partial charge is 0.308 e. The monoisotopic (exact) mass is 245 g/mol. The summed E-state index contributed by atoms with van der Waals surface area (Å²) in [4.78, 5) is 0. The molecule has 6 heteroatoms. The molecule has 0 saturated carbocycles. The zero-order chi connectivity index (χ0) is 10.5. The lowest BCUT2D eigenvalue weighted by Gasteiger charge is -2.11. The summed E-state index contributed by atoms with van der Waals surface area (Å²) in [6, 6.07) is -0.125. The second-order valence-electron chi connectivity index (χ2n) is 2.93. The molecule has 0 aromatic carbocycles. The standard InChI is InChI=1S/C7H13Cl2NO2S/c1-6(5-13(2,11)12)10-4-7(9)3-8/h3,6,10H,4-5H2,1-2H3. The quantitative estimate of drug-likeness (QED) is 0.796. The van der Waals surface area contributed by atoms with Gasteiger partial charge in [0.05, 0.1) is 5.75 Å². The van der Waals surface area contributed by atoms with Gasteiger partial charge in [-0.3, -0.25) is 0 Å². The number of halogens is 2. The third-order valence-electron chi connectivity index (χ3n) is 1.29. The highest BCUT2D eigenvalue weighted by Gasteiger charge is 2.09. The van der Waals surface area contributed by atoms with Gasteiger partial charge in [-0.1, -0.05) is 23.2 Å². The lowest BCUT2D eigenvalue weighted by molar-refractivity contribution is 0.576. The van der Waals surface area contributed by atoms with Crippen molar-refractivity contribution in [1.82, 2.24) is 5.32 Å². The maximum atomic E-state index is 10.8. The van der Waals surface area contributed by atoms with Crippen molar-refractivity contribution >= 4 is 33.0 Å². The fraction of sp³-hybridized carbons (Fsp3) is 0.714. The van der Waals surface area contributed by atoms with E-state index < -0.39 is 9.84 Å². The van der Waals surface area contributed by atoms with Gasteiger partial charge in [-0.15, -0.1) is 0 Å². The third-order valence-corrected chi connectivity index (χ3v) is 3.01. The van der Waals surface area contributed by atoms with Gasteiger partial charge in [-0.2, -0.15) is 0 Å². The van der Waals surface area contributed by atoms with Crippen molar-refractivity contribution in [2.24, 2.45) is 0 Å². The molecule has 13 heavy (non-hydrogen) atoms. The van der Waals surface area contributed by atoms with Gasteiger partial charge in [0.1, 0.15) is 9.84 Å². The normalized spacial score (nSPS) is 15.8. The van der Waals surface area contributed by atoms with E-state index in [1.54, 1.807) is 6.92 Å². The van der Waals surface area contributed by atoms with Crippen LogP contribution in [0.25, 0.3) is 0 Å². The second kappa shape index (κ2) is 5.86. The van der Waals surface area contributed by atoms with E-state index in [9.17, 15) is 8.42 Å². The molecule has 3 nitrogen and oxygen atoms in total. The van der Waals surface area contributed by atoms with Crippen LogP contribution in [-0.4, -0.2) is 33.0 Å². The topological polar surface area (TPSA) is 46.2 Å². The van der Waals surface area contributed by atoms with Crippen LogP contribution >= 0.6 is 23.2 Å². The molecule has 0 spiro atoms. The van der Waals surface area contributed by atoms with Gasteiger partial charge in [-0.25, -0.2) is 8.42 Å². The summed E-state index contributed by atoms with van der Waals surface area (Å²) < 4.78 is 21.7. The van der Waals surface area contributed by atoms with E-state index in [1.165, 1.54) is 11.8 Å². The fourth-order valence-electron chi connectivity index (χ4n) is 0.823. The second-order valence-corrected chi connectivity index (χ2v) is 5.82. The van der Waals surface area contributed by atoms with Crippen LogP contribution in [0.1, 0.15) is 6.92 Å². The van der Waals surface area contributed by atoms with Crippen molar-refractivity contribution in [3.63, 3.8) is 0 Å². The summed E-state index contributed by atoms with van der Waals surface area (Å²) in [7, 11) is -2.94. The van der Waals surface area contributed by atoms with Crippen LogP contribution in [0.15, 0.2) is 10.6 Å². The zero-order valence-corrected chi connectivity index (χ0v) is 9.88. The minimum Gasteiger partial charge on any atom is -0.308 e. The summed E-state index contributed by atoms with van der Waals surface area (Å²) in [5.74, 6) is 0.0967. The van der Waals surface area contributed by atoms with E-state index in [1.807, 2.05) is 0 Å². The molecular formula is C7H13Cl2NO2S. The Balaban J connectivity index is 3.83. The molecule has 0 bridgehead atoms. The molecule has 0 rings (SSSR count). The number of hydrogen-bond donors (Lipinski definition) is 1. The van der Waals surface area contributed by atoms with Crippen LogP contribution in [0.3, 0.4) is 0 Å². The lowest BCUT2D eigenvalue weighted by Crippen LogP contribution is -2.33. The highest BCUT2D eigenvalue weighted by molar-refractivity contribution is 7.90. The van der Waals surface area contributed by atoms with Gasteiger partial charge in [0.25, 0.3) is 0 Å². The maximum Gasteiger partial charge on any atom is 0.148 e. The first-order valence-corrected chi connectivity index (χ1v) is 6.58. The van der Waals surface area contributed by atoms with E-state index in [0.717, 1.165) is 0 Å². The molecule has 0 fully saturated rings. The molecule has 1 atom stereocenters. The minimum atomic E-state index is -2.94. The Morgan fingerprint density at radius 1 is 1.62 bits per heavy atom. The SMILES string of the molecule is CC(CS(C)(=O)=O)NCC(Cl)=CCl. The first kappa shape index (κ1) is 13.2. The van der Waals surface area contributed by atoms with Crippen LogP contribution < -0.4 is 5.32 Å². The molecule has 0 aromatic rings. The van der Waals surface area contributed by atoms with Crippen LogP contribution in [0.2, 0.25) is 0 Å². The Labute approximate surface area is 89.0 Å². The summed E-state index contributed by atoms with van der Waals surface area (Å²) in [5, 5.41) is 3.39. The van der Waals surface area contributed by atoms with Crippen LogP contribution in [-0.2, 0) is 9.84 Å². The van der Waals surface area contributed by atoms with Gasteiger partial charge in [0, 0.05) is 29.4 Å².